The highest BCUT2D eigenvalue weighted by Gasteiger charge is 2.32. The first-order chi connectivity index (χ1) is 17.5. The number of halogens is 4. The van der Waals surface area contributed by atoms with Gasteiger partial charge in [-0.05, 0) is 50.2 Å². The van der Waals surface area contributed by atoms with Crippen LogP contribution in [-0.4, -0.2) is 50.0 Å². The minimum atomic E-state index is -4.61. The van der Waals surface area contributed by atoms with Gasteiger partial charge in [-0.3, -0.25) is 0 Å². The van der Waals surface area contributed by atoms with Crippen LogP contribution in [-0.2, 0) is 10.0 Å². The lowest BCUT2D eigenvalue weighted by Gasteiger charge is -2.37. The minimum Gasteiger partial charge on any atom is -0.490 e. The lowest BCUT2D eigenvalue weighted by Crippen LogP contribution is -2.40. The summed E-state index contributed by atoms with van der Waals surface area (Å²) >= 11 is 0. The largest absolute Gasteiger partial charge is 0.490 e. The van der Waals surface area contributed by atoms with Crippen LogP contribution in [0.1, 0.15) is 18.4 Å². The number of allylic oxidation sites excluding steroid dienone is 1. The van der Waals surface area contributed by atoms with Gasteiger partial charge in [-0.15, -0.1) is 0 Å². The average molecular weight is 537 g/mol. The van der Waals surface area contributed by atoms with Crippen LogP contribution in [0, 0.1) is 29.2 Å². The molecule has 3 aromatic rings. The van der Waals surface area contributed by atoms with Gasteiger partial charge < -0.3 is 9.64 Å². The zero-order valence-corrected chi connectivity index (χ0v) is 20.8. The SMILES string of the molecule is CN(C)C1CCC=C(c2ccc(F)cc2)C1COc1cc(F)c(S(=O)(=O)Nc2ncc(F)cn2)cc1F. The maximum absolute atomic E-state index is 14.9. The van der Waals surface area contributed by atoms with Crippen molar-refractivity contribution in [2.45, 2.75) is 23.8 Å². The second-order valence-corrected chi connectivity index (χ2v) is 10.4. The number of nitrogens with one attached hydrogen (secondary N) is 1. The monoisotopic (exact) mass is 536 g/mol. The molecule has 0 saturated heterocycles. The van der Waals surface area contributed by atoms with Gasteiger partial charge in [-0.1, -0.05) is 18.2 Å². The highest BCUT2D eigenvalue weighted by atomic mass is 32.2. The lowest BCUT2D eigenvalue weighted by molar-refractivity contribution is 0.164. The summed E-state index contributed by atoms with van der Waals surface area (Å²) in [5, 5.41) is 0. The van der Waals surface area contributed by atoms with Gasteiger partial charge in [0.05, 0.1) is 19.0 Å². The Morgan fingerprint density at radius 1 is 1.00 bits per heavy atom. The Bertz CT molecular complexity index is 1400. The molecule has 2 unspecified atom stereocenters. The molecule has 0 fully saturated rings. The van der Waals surface area contributed by atoms with Crippen molar-refractivity contribution in [2.24, 2.45) is 5.92 Å². The molecule has 0 aliphatic heterocycles. The number of aromatic nitrogens is 2. The third-order valence-corrected chi connectivity index (χ3v) is 7.41. The van der Waals surface area contributed by atoms with Crippen molar-refractivity contribution in [2.75, 3.05) is 25.4 Å². The second-order valence-electron chi connectivity index (χ2n) is 8.74. The third kappa shape index (κ3) is 6.08. The Labute approximate surface area is 211 Å². The Balaban J connectivity index is 1.57. The molecule has 196 valence electrons. The van der Waals surface area contributed by atoms with E-state index in [1.165, 1.54) is 12.1 Å². The molecule has 1 heterocycles. The van der Waals surface area contributed by atoms with Gasteiger partial charge in [0.2, 0.25) is 5.95 Å². The smallest absolute Gasteiger partial charge is 0.267 e. The number of hydrogen-bond donors (Lipinski definition) is 1. The van der Waals surface area contributed by atoms with Crippen LogP contribution in [0.25, 0.3) is 5.57 Å². The summed E-state index contributed by atoms with van der Waals surface area (Å²) < 4.78 is 88.8. The van der Waals surface area contributed by atoms with E-state index in [-0.39, 0.29) is 24.4 Å². The first kappa shape index (κ1) is 26.6. The first-order valence-electron chi connectivity index (χ1n) is 11.3. The highest BCUT2D eigenvalue weighted by Crippen LogP contribution is 2.36. The molecule has 0 saturated carbocycles. The van der Waals surface area contributed by atoms with Crippen molar-refractivity contribution in [1.29, 1.82) is 0 Å². The standard InChI is InChI=1S/C25H24F4N4O3S/c1-33(2)22-5-3-4-18(15-6-8-16(26)9-7-15)19(22)14-36-23-10-21(29)24(11-20(23)28)37(34,35)32-25-30-12-17(27)13-31-25/h4,6-13,19,22H,3,5,14H2,1-2H3,(H,30,31,32). The third-order valence-electron chi connectivity index (χ3n) is 6.07. The normalized spacial score (nSPS) is 18.0. The first-order valence-corrected chi connectivity index (χ1v) is 12.8. The van der Waals surface area contributed by atoms with Crippen LogP contribution >= 0.6 is 0 Å². The van der Waals surface area contributed by atoms with Crippen LogP contribution < -0.4 is 9.46 Å². The number of benzene rings is 2. The molecule has 2 aromatic carbocycles. The summed E-state index contributed by atoms with van der Waals surface area (Å²) in [5.41, 5.74) is 1.69. The summed E-state index contributed by atoms with van der Waals surface area (Å²) in [6.07, 6.45) is 5.06. The van der Waals surface area contributed by atoms with E-state index in [0.29, 0.717) is 12.1 Å². The van der Waals surface area contributed by atoms with Crippen molar-refractivity contribution in [3.63, 3.8) is 0 Å². The summed E-state index contributed by atoms with van der Waals surface area (Å²) in [6.45, 7) is -0.0316. The topological polar surface area (TPSA) is 84.4 Å². The second kappa shape index (κ2) is 10.9. The molecule has 0 radical (unpaired) electrons. The van der Waals surface area contributed by atoms with Crippen molar-refractivity contribution in [3.05, 3.63) is 83.7 Å². The summed E-state index contributed by atoms with van der Waals surface area (Å²) in [5.74, 6) is -4.74. The van der Waals surface area contributed by atoms with E-state index in [9.17, 15) is 26.0 Å². The lowest BCUT2D eigenvalue weighted by atomic mass is 9.80. The fourth-order valence-electron chi connectivity index (χ4n) is 4.31. The molecule has 4 rings (SSSR count). The van der Waals surface area contributed by atoms with Crippen LogP contribution in [0.4, 0.5) is 23.5 Å². The van der Waals surface area contributed by atoms with Gasteiger partial charge in [0.15, 0.2) is 17.4 Å². The molecule has 0 amide bonds. The minimum absolute atomic E-state index is 0.0116. The molecule has 7 nitrogen and oxygen atoms in total. The van der Waals surface area contributed by atoms with Gasteiger partial charge >= 0.3 is 0 Å². The Morgan fingerprint density at radius 3 is 2.32 bits per heavy atom. The molecule has 12 heteroatoms. The fraction of sp³-hybridized carbons (Fsp3) is 0.280. The van der Waals surface area contributed by atoms with E-state index in [0.717, 1.165) is 36.4 Å². The summed E-state index contributed by atoms with van der Waals surface area (Å²) in [6, 6.07) is 7.19. The van der Waals surface area contributed by atoms with Crippen LogP contribution in [0.5, 0.6) is 5.75 Å². The maximum atomic E-state index is 14.9. The molecule has 1 aliphatic rings. The molecule has 0 bridgehead atoms. The summed E-state index contributed by atoms with van der Waals surface area (Å²) in [4.78, 5) is 7.93. The number of rotatable bonds is 8. The number of sulfonamides is 1. The number of hydrogen-bond acceptors (Lipinski definition) is 6. The van der Waals surface area contributed by atoms with E-state index in [4.69, 9.17) is 4.74 Å². The van der Waals surface area contributed by atoms with E-state index in [1.807, 2.05) is 29.8 Å². The van der Waals surface area contributed by atoms with Crippen LogP contribution in [0.3, 0.4) is 0 Å². The molecule has 0 spiro atoms. The molecule has 1 N–H and O–H groups in total. The van der Waals surface area contributed by atoms with Crippen LogP contribution in [0.15, 0.2) is 59.8 Å². The van der Waals surface area contributed by atoms with E-state index in [2.05, 4.69) is 9.97 Å². The zero-order chi connectivity index (χ0) is 26.7. The van der Waals surface area contributed by atoms with Gasteiger partial charge in [0.25, 0.3) is 10.0 Å². The van der Waals surface area contributed by atoms with E-state index < -0.39 is 44.1 Å². The molecular formula is C25H24F4N4O3S. The maximum Gasteiger partial charge on any atom is 0.267 e. The van der Waals surface area contributed by atoms with E-state index in [1.54, 1.807) is 12.1 Å². The number of ether oxygens (including phenoxy) is 1. The van der Waals surface area contributed by atoms with Crippen molar-refractivity contribution < 1.29 is 30.7 Å². The van der Waals surface area contributed by atoms with E-state index >= 15 is 0 Å². The predicted molar refractivity (Wildman–Crippen MR) is 129 cm³/mol. The Kier molecular flexibility index (Phi) is 7.79. The van der Waals surface area contributed by atoms with Gasteiger partial charge in [-0.2, -0.15) is 0 Å². The van der Waals surface area contributed by atoms with Crippen molar-refractivity contribution in [3.8, 4) is 5.75 Å². The Hall–Kier alpha value is -3.51. The molecule has 2 atom stereocenters. The number of anilines is 1. The average Bonchev–Trinajstić information content (AvgIpc) is 2.85. The van der Waals surface area contributed by atoms with Gasteiger partial charge in [0, 0.05) is 24.1 Å². The van der Waals surface area contributed by atoms with Crippen molar-refractivity contribution in [1.82, 2.24) is 14.9 Å². The number of nitrogens with zero attached hydrogens (tertiary/aromatic N) is 3. The van der Waals surface area contributed by atoms with Crippen LogP contribution in [0.2, 0.25) is 0 Å². The quantitative estimate of drug-likeness (QED) is 0.423. The van der Waals surface area contributed by atoms with Crippen molar-refractivity contribution >= 4 is 21.5 Å². The predicted octanol–water partition coefficient (Wildman–Crippen LogP) is 4.64. The summed E-state index contributed by atoms with van der Waals surface area (Å²) in [7, 11) is -0.803. The zero-order valence-electron chi connectivity index (χ0n) is 20.0. The molecule has 1 aliphatic carbocycles. The fourth-order valence-corrected chi connectivity index (χ4v) is 5.34. The Morgan fingerprint density at radius 2 is 1.68 bits per heavy atom. The van der Waals surface area contributed by atoms with Gasteiger partial charge in [0.1, 0.15) is 16.5 Å². The van der Waals surface area contributed by atoms with Gasteiger partial charge in [-0.25, -0.2) is 40.7 Å². The highest BCUT2D eigenvalue weighted by molar-refractivity contribution is 7.92. The molecule has 1 aromatic heterocycles. The molecular weight excluding hydrogens is 512 g/mol. The molecule has 37 heavy (non-hydrogen) atoms.